The maximum Gasteiger partial charge on any atom is 0.201 e. The van der Waals surface area contributed by atoms with E-state index in [1.54, 1.807) is 12.4 Å². The molecule has 2 nitrogen and oxygen atoms in total. The van der Waals surface area contributed by atoms with Crippen LogP contribution < -0.4 is 0 Å². The van der Waals surface area contributed by atoms with Crippen molar-refractivity contribution in [2.45, 2.75) is 0 Å². The Kier molecular flexibility index (Phi) is 0.572. The van der Waals surface area contributed by atoms with Crippen molar-refractivity contribution in [2.75, 3.05) is 0 Å². The average Bonchev–Trinajstić information content (AvgIpc) is 1.86. The summed E-state index contributed by atoms with van der Waals surface area (Å²) in [6.45, 7) is 0. The fourth-order valence-corrected chi connectivity index (χ4v) is 0.335. The molecule has 1 heterocycles. The fourth-order valence-electron chi connectivity index (χ4n) is 0.335. The van der Waals surface area contributed by atoms with E-state index in [2.05, 4.69) is 0 Å². The number of rotatable bonds is 0. The smallest absolute Gasteiger partial charge is 0.0670 e. The summed E-state index contributed by atoms with van der Waals surface area (Å²) in [6, 6.07) is 0. The number of nitrogens with one attached hydrogen (secondary N) is 1. The first-order valence-corrected chi connectivity index (χ1v) is 1.74. The lowest BCUT2D eigenvalue weighted by molar-refractivity contribution is -0.477. The zero-order chi connectivity index (χ0) is 4.41. The van der Waals surface area contributed by atoms with E-state index in [1.165, 1.54) is 4.70 Å². The maximum atomic E-state index is 6.79. The van der Waals surface area contributed by atoms with E-state index in [-0.39, 0.29) is 0 Å². The van der Waals surface area contributed by atoms with Crippen LogP contribution in [0.25, 0.3) is 0 Å². The molecule has 0 atom stereocenters. The van der Waals surface area contributed by atoms with Gasteiger partial charge in [-0.2, -0.15) is 0 Å². The first-order valence-electron chi connectivity index (χ1n) is 1.74. The molecule has 1 aliphatic heterocycles. The van der Waals surface area contributed by atoms with E-state index in [1.807, 2.05) is 12.2 Å². The van der Waals surface area contributed by atoms with Crippen molar-refractivity contribution in [3.8, 4) is 0 Å². The highest BCUT2D eigenvalue weighted by molar-refractivity contribution is 4.99. The Morgan fingerprint density at radius 1 is 1.17 bits per heavy atom. The molecule has 0 spiro atoms. The Morgan fingerprint density at radius 3 is 1.83 bits per heavy atom. The Hall–Kier alpha value is -0.920. The summed E-state index contributed by atoms with van der Waals surface area (Å²) in [4.78, 5) is 0. The first-order chi connectivity index (χ1) is 2.89. The van der Waals surface area contributed by atoms with Gasteiger partial charge in [-0.3, -0.25) is 0 Å². The molecule has 0 amide bonds. The van der Waals surface area contributed by atoms with E-state index >= 15 is 0 Å². The van der Waals surface area contributed by atoms with Crippen molar-refractivity contribution >= 4 is 0 Å². The predicted octanol–water partition coefficient (Wildman–Crippen LogP) is 1.07. The lowest BCUT2D eigenvalue weighted by Gasteiger charge is -1.61. The summed E-state index contributed by atoms with van der Waals surface area (Å²) in [6.07, 6.45) is 6.96. The van der Waals surface area contributed by atoms with E-state index in [4.69, 9.17) is 5.53 Å². The van der Waals surface area contributed by atoms with Crippen molar-refractivity contribution < 1.29 is 4.70 Å². The van der Waals surface area contributed by atoms with Crippen molar-refractivity contribution in [3.05, 3.63) is 24.6 Å². The summed E-state index contributed by atoms with van der Waals surface area (Å²) < 4.78 is 1.25. The lowest BCUT2D eigenvalue weighted by atomic mass is 10.6. The Bertz CT molecular complexity index is 108. The molecule has 1 aliphatic rings. The van der Waals surface area contributed by atoms with Crippen LogP contribution in [0.2, 0.25) is 0 Å². The van der Waals surface area contributed by atoms with Crippen LogP contribution in [0.15, 0.2) is 24.6 Å². The van der Waals surface area contributed by atoms with Crippen molar-refractivity contribution in [1.29, 1.82) is 5.53 Å². The second kappa shape index (κ2) is 1.05. The molecule has 2 heteroatoms. The molecule has 1 rings (SSSR count). The molecule has 0 saturated heterocycles. The molecule has 0 saturated carbocycles. The molecule has 0 aromatic rings. The van der Waals surface area contributed by atoms with Crippen LogP contribution in [0.3, 0.4) is 0 Å². The second-order valence-corrected chi connectivity index (χ2v) is 1.09. The zero-order valence-electron chi connectivity index (χ0n) is 3.26. The van der Waals surface area contributed by atoms with Gasteiger partial charge in [0.05, 0.1) is 0 Å². The van der Waals surface area contributed by atoms with Crippen LogP contribution in [0.5, 0.6) is 0 Å². The molecule has 0 aliphatic carbocycles. The van der Waals surface area contributed by atoms with E-state index in [0.717, 1.165) is 0 Å². The third-order valence-corrected chi connectivity index (χ3v) is 0.604. The molecule has 0 aromatic carbocycles. The first kappa shape index (κ1) is 3.28. The lowest BCUT2D eigenvalue weighted by Crippen LogP contribution is -1.76. The van der Waals surface area contributed by atoms with Crippen molar-refractivity contribution in [1.82, 2.24) is 0 Å². The minimum atomic E-state index is 1.25. The highest BCUT2D eigenvalue weighted by Gasteiger charge is 1.92. The van der Waals surface area contributed by atoms with Crippen LogP contribution in [-0.2, 0) is 0 Å². The summed E-state index contributed by atoms with van der Waals surface area (Å²) in [5.74, 6) is 0. The van der Waals surface area contributed by atoms with Gasteiger partial charge in [-0.1, -0.05) is 4.70 Å². The molecular weight excluding hydrogens is 76.1 g/mol. The van der Waals surface area contributed by atoms with E-state index in [9.17, 15) is 0 Å². The molecule has 0 bridgehead atoms. The number of nitrogens with zero attached hydrogens (tertiary/aromatic N) is 1. The topological polar surface area (TPSA) is 26.9 Å². The average molecular weight is 81.1 g/mol. The number of hydrogen-bond donors (Lipinski definition) is 1. The minimum absolute atomic E-state index is 1.25. The van der Waals surface area contributed by atoms with Crippen molar-refractivity contribution in [2.24, 2.45) is 0 Å². The van der Waals surface area contributed by atoms with Gasteiger partial charge in [-0.25, -0.2) is 0 Å². The quantitative estimate of drug-likeness (QED) is 0.422. The standard InChI is InChI=1S/C4H5N2/c5-6-3-1-2-4-6/h1-5H/q+1. The van der Waals surface area contributed by atoms with Crippen LogP contribution in [-0.4, -0.2) is 4.70 Å². The van der Waals surface area contributed by atoms with Gasteiger partial charge >= 0.3 is 0 Å². The molecule has 1 N–H and O–H groups in total. The predicted molar refractivity (Wildman–Crippen MR) is 21.3 cm³/mol. The molecule has 0 fully saturated rings. The molecule has 6 heavy (non-hydrogen) atoms. The Labute approximate surface area is 35.9 Å². The Balaban J connectivity index is 2.86. The third-order valence-electron chi connectivity index (χ3n) is 0.604. The van der Waals surface area contributed by atoms with Crippen LogP contribution in [0, 0.1) is 5.53 Å². The summed E-state index contributed by atoms with van der Waals surface area (Å²) in [5, 5.41) is 0. The number of hydrogen-bond acceptors (Lipinski definition) is 1. The van der Waals surface area contributed by atoms with Gasteiger partial charge in [0, 0.05) is 12.2 Å². The second-order valence-electron chi connectivity index (χ2n) is 1.09. The summed E-state index contributed by atoms with van der Waals surface area (Å²) in [7, 11) is 0. The normalized spacial score (nSPS) is 17.0. The van der Waals surface area contributed by atoms with Gasteiger partial charge in [0.1, 0.15) is 0 Å². The molecule has 0 aromatic heterocycles. The molecule has 30 valence electrons. The van der Waals surface area contributed by atoms with Crippen LogP contribution >= 0.6 is 0 Å². The van der Waals surface area contributed by atoms with Gasteiger partial charge in [-0.05, 0) is 5.53 Å². The highest BCUT2D eigenvalue weighted by atomic mass is 15.1. The summed E-state index contributed by atoms with van der Waals surface area (Å²) >= 11 is 0. The monoisotopic (exact) mass is 81.0 g/mol. The molecular formula is C4H5N2+. The van der Waals surface area contributed by atoms with Gasteiger partial charge in [0.25, 0.3) is 0 Å². The largest absolute Gasteiger partial charge is 0.201 e. The van der Waals surface area contributed by atoms with E-state index in [0.29, 0.717) is 0 Å². The van der Waals surface area contributed by atoms with Gasteiger partial charge < -0.3 is 0 Å². The fraction of sp³-hybridized carbons (Fsp3) is 0. The van der Waals surface area contributed by atoms with Gasteiger partial charge in [-0.15, -0.1) is 0 Å². The Morgan fingerprint density at radius 2 is 1.67 bits per heavy atom. The zero-order valence-corrected chi connectivity index (χ0v) is 3.26. The molecule has 0 radical (unpaired) electrons. The maximum absolute atomic E-state index is 6.79. The molecule has 0 unspecified atom stereocenters. The van der Waals surface area contributed by atoms with Crippen molar-refractivity contribution in [3.63, 3.8) is 0 Å². The third kappa shape index (κ3) is 0.360. The van der Waals surface area contributed by atoms with Gasteiger partial charge in [0.2, 0.25) is 12.4 Å². The SMILES string of the molecule is N=[N+]1C=CC=C1. The summed E-state index contributed by atoms with van der Waals surface area (Å²) in [5.41, 5.74) is 6.79. The highest BCUT2D eigenvalue weighted by Crippen LogP contribution is 1.88. The van der Waals surface area contributed by atoms with Gasteiger partial charge in [0.15, 0.2) is 0 Å². The minimum Gasteiger partial charge on any atom is -0.0670 e. The van der Waals surface area contributed by atoms with Crippen LogP contribution in [0.1, 0.15) is 0 Å². The number of allylic oxidation sites excluding steroid dienone is 2. The van der Waals surface area contributed by atoms with E-state index < -0.39 is 0 Å². The van der Waals surface area contributed by atoms with Crippen LogP contribution in [0.4, 0.5) is 0 Å².